The number of amides is 2. The van der Waals surface area contributed by atoms with E-state index in [4.69, 9.17) is 0 Å². The Balaban J connectivity index is 1.52. The Hall–Kier alpha value is -2.01. The molecule has 5 heteroatoms. The summed E-state index contributed by atoms with van der Waals surface area (Å²) in [6.07, 6.45) is 6.19. The molecule has 2 aromatic rings. The van der Waals surface area contributed by atoms with E-state index < -0.39 is 0 Å². The fraction of sp³-hybridized carbons (Fsp3) is 0.591. The van der Waals surface area contributed by atoms with Crippen molar-refractivity contribution in [2.24, 2.45) is 0 Å². The van der Waals surface area contributed by atoms with Crippen LogP contribution < -0.4 is 5.32 Å². The standard InChI is InChI=1S/C22H30N4O/c1-25(2)22(27)23-14-10-16-15-8-5-9-18-20(15)17(11-19(16)26(3)12-14)21(24-18)13-6-4-7-13/h5,8-9,13-14,16,19,24H,4,6-7,10-12H2,1-3H3,(H,23,27). The third-order valence-corrected chi connectivity index (χ3v) is 7.13. The molecule has 1 aliphatic heterocycles. The van der Waals surface area contributed by atoms with Gasteiger partial charge in [-0.2, -0.15) is 0 Å². The first-order chi connectivity index (χ1) is 13.0. The first kappa shape index (κ1) is 17.1. The number of likely N-dealkylation sites (tertiary alicyclic amines) is 1. The number of hydrogen-bond acceptors (Lipinski definition) is 2. The van der Waals surface area contributed by atoms with Gasteiger partial charge in [-0.15, -0.1) is 0 Å². The summed E-state index contributed by atoms with van der Waals surface area (Å²) >= 11 is 0. The number of fused-ring (bicyclic) bond motifs is 2. The third-order valence-electron chi connectivity index (χ3n) is 7.13. The minimum Gasteiger partial charge on any atom is -0.358 e. The molecule has 2 N–H and O–H groups in total. The summed E-state index contributed by atoms with van der Waals surface area (Å²) < 4.78 is 0. The van der Waals surface area contributed by atoms with E-state index in [1.165, 1.54) is 41.4 Å². The van der Waals surface area contributed by atoms with E-state index >= 15 is 0 Å². The van der Waals surface area contributed by atoms with Crippen LogP contribution in [0.3, 0.4) is 0 Å². The van der Waals surface area contributed by atoms with Crippen LogP contribution in [-0.2, 0) is 6.42 Å². The van der Waals surface area contributed by atoms with Crippen molar-refractivity contribution in [1.82, 2.24) is 20.1 Å². The summed E-state index contributed by atoms with van der Waals surface area (Å²) in [5.41, 5.74) is 5.88. The van der Waals surface area contributed by atoms with Gasteiger partial charge in [0.15, 0.2) is 0 Å². The largest absolute Gasteiger partial charge is 0.358 e. The number of nitrogens with one attached hydrogen (secondary N) is 2. The lowest BCUT2D eigenvalue weighted by atomic mass is 9.72. The number of urea groups is 1. The first-order valence-electron chi connectivity index (χ1n) is 10.3. The summed E-state index contributed by atoms with van der Waals surface area (Å²) in [5.74, 6) is 1.22. The number of rotatable bonds is 2. The molecule has 3 unspecified atom stereocenters. The van der Waals surface area contributed by atoms with Gasteiger partial charge in [0.25, 0.3) is 0 Å². The number of likely N-dealkylation sites (N-methyl/N-ethyl adjacent to an activating group) is 1. The Morgan fingerprint density at radius 3 is 2.81 bits per heavy atom. The number of benzene rings is 1. The highest BCUT2D eigenvalue weighted by Crippen LogP contribution is 2.47. The molecule has 2 aliphatic carbocycles. The quantitative estimate of drug-likeness (QED) is 0.856. The van der Waals surface area contributed by atoms with Gasteiger partial charge in [-0.1, -0.05) is 18.6 Å². The van der Waals surface area contributed by atoms with Crippen LogP contribution in [0.15, 0.2) is 18.2 Å². The number of aromatic nitrogens is 1. The lowest BCUT2D eigenvalue weighted by molar-refractivity contribution is 0.125. The third kappa shape index (κ3) is 2.66. The highest BCUT2D eigenvalue weighted by Gasteiger charge is 2.41. The molecule has 1 saturated carbocycles. The number of carbonyl (C=O) groups excluding carboxylic acids is 1. The second-order valence-corrected chi connectivity index (χ2v) is 9.01. The number of piperidine rings is 1. The fourth-order valence-corrected chi connectivity index (χ4v) is 5.51. The van der Waals surface area contributed by atoms with E-state index in [-0.39, 0.29) is 12.1 Å². The summed E-state index contributed by atoms with van der Waals surface area (Å²) in [6.45, 7) is 0.926. The molecule has 2 amide bonds. The molecule has 3 atom stereocenters. The average Bonchev–Trinajstić information content (AvgIpc) is 2.94. The molecule has 5 nitrogen and oxygen atoms in total. The molecule has 0 bridgehead atoms. The highest BCUT2D eigenvalue weighted by atomic mass is 16.2. The summed E-state index contributed by atoms with van der Waals surface area (Å²) in [7, 11) is 5.84. The monoisotopic (exact) mass is 366 g/mol. The second-order valence-electron chi connectivity index (χ2n) is 9.01. The average molecular weight is 367 g/mol. The topological polar surface area (TPSA) is 51.4 Å². The molecule has 5 rings (SSSR count). The zero-order chi connectivity index (χ0) is 18.7. The van der Waals surface area contributed by atoms with E-state index in [0.717, 1.165) is 25.3 Å². The van der Waals surface area contributed by atoms with Gasteiger partial charge in [-0.05, 0) is 55.8 Å². The molecule has 27 heavy (non-hydrogen) atoms. The Morgan fingerprint density at radius 2 is 2.11 bits per heavy atom. The number of hydrogen-bond donors (Lipinski definition) is 2. The molecule has 144 valence electrons. The maximum Gasteiger partial charge on any atom is 0.317 e. The molecule has 0 spiro atoms. The molecule has 2 heterocycles. The Labute approximate surface area is 161 Å². The van der Waals surface area contributed by atoms with E-state index in [9.17, 15) is 4.79 Å². The number of carbonyl (C=O) groups is 1. The van der Waals surface area contributed by atoms with Crippen LogP contribution in [0.2, 0.25) is 0 Å². The minimum atomic E-state index is 0.00970. The summed E-state index contributed by atoms with van der Waals surface area (Å²) in [6, 6.07) is 7.51. The number of aromatic amines is 1. The second kappa shape index (κ2) is 6.26. The Bertz CT molecular complexity index is 882. The van der Waals surface area contributed by atoms with Gasteiger partial charge in [0.05, 0.1) is 0 Å². The first-order valence-corrected chi connectivity index (χ1v) is 10.3. The van der Waals surface area contributed by atoms with Gasteiger partial charge in [-0.25, -0.2) is 4.79 Å². The molecule has 3 aliphatic rings. The van der Waals surface area contributed by atoms with Crippen molar-refractivity contribution in [3.63, 3.8) is 0 Å². The van der Waals surface area contributed by atoms with E-state index in [1.807, 2.05) is 0 Å². The summed E-state index contributed by atoms with van der Waals surface area (Å²) in [5, 5.41) is 4.70. The molecule has 2 fully saturated rings. The Morgan fingerprint density at radius 1 is 1.30 bits per heavy atom. The molecule has 0 radical (unpaired) electrons. The molecular weight excluding hydrogens is 336 g/mol. The SMILES string of the molecule is CN(C)C(=O)NC1CC2c3cccc4[nH]c(C5CCC5)c(c34)CC2N(C)C1. The van der Waals surface area contributed by atoms with Gasteiger partial charge in [0.1, 0.15) is 0 Å². The Kier molecular flexibility index (Phi) is 3.97. The molecule has 1 saturated heterocycles. The molecular formula is C22H30N4O. The van der Waals surface area contributed by atoms with Crippen molar-refractivity contribution in [2.75, 3.05) is 27.7 Å². The zero-order valence-electron chi connectivity index (χ0n) is 16.6. The lowest BCUT2D eigenvalue weighted by Crippen LogP contribution is -2.56. The predicted octanol–water partition coefficient (Wildman–Crippen LogP) is 3.42. The van der Waals surface area contributed by atoms with Crippen molar-refractivity contribution < 1.29 is 4.79 Å². The van der Waals surface area contributed by atoms with Gasteiger partial charge in [0, 0.05) is 55.2 Å². The molecule has 1 aromatic heterocycles. The maximum atomic E-state index is 12.2. The zero-order valence-corrected chi connectivity index (χ0v) is 16.6. The predicted molar refractivity (Wildman–Crippen MR) is 108 cm³/mol. The van der Waals surface area contributed by atoms with E-state index in [2.05, 4.69) is 40.4 Å². The smallest absolute Gasteiger partial charge is 0.317 e. The highest BCUT2D eigenvalue weighted by molar-refractivity contribution is 5.90. The summed E-state index contributed by atoms with van der Waals surface area (Å²) in [4.78, 5) is 20.1. The van der Waals surface area contributed by atoms with Gasteiger partial charge >= 0.3 is 6.03 Å². The van der Waals surface area contributed by atoms with Gasteiger partial charge < -0.3 is 20.1 Å². The van der Waals surface area contributed by atoms with Crippen molar-refractivity contribution >= 4 is 16.9 Å². The van der Waals surface area contributed by atoms with Crippen molar-refractivity contribution in [3.8, 4) is 0 Å². The van der Waals surface area contributed by atoms with Crippen LogP contribution in [-0.4, -0.2) is 60.6 Å². The van der Waals surface area contributed by atoms with Gasteiger partial charge in [0.2, 0.25) is 0 Å². The van der Waals surface area contributed by atoms with Crippen LogP contribution in [0, 0.1) is 0 Å². The van der Waals surface area contributed by atoms with Crippen LogP contribution in [0.25, 0.3) is 10.9 Å². The number of nitrogens with zero attached hydrogens (tertiary/aromatic N) is 2. The van der Waals surface area contributed by atoms with Crippen LogP contribution in [0.5, 0.6) is 0 Å². The van der Waals surface area contributed by atoms with Crippen LogP contribution in [0.1, 0.15) is 54.3 Å². The lowest BCUT2D eigenvalue weighted by Gasteiger charge is -2.46. The van der Waals surface area contributed by atoms with E-state index in [1.54, 1.807) is 24.6 Å². The fourth-order valence-electron chi connectivity index (χ4n) is 5.51. The molecule has 1 aromatic carbocycles. The van der Waals surface area contributed by atoms with Crippen LogP contribution in [0.4, 0.5) is 4.79 Å². The maximum absolute atomic E-state index is 12.2. The van der Waals surface area contributed by atoms with Gasteiger partial charge in [-0.3, -0.25) is 0 Å². The van der Waals surface area contributed by atoms with Crippen molar-refractivity contribution in [1.29, 1.82) is 0 Å². The van der Waals surface area contributed by atoms with Crippen LogP contribution >= 0.6 is 0 Å². The van der Waals surface area contributed by atoms with Crippen molar-refractivity contribution in [3.05, 3.63) is 35.0 Å². The van der Waals surface area contributed by atoms with E-state index in [0.29, 0.717) is 12.0 Å². The number of H-pyrrole nitrogens is 1. The normalized spacial score (nSPS) is 27.9. The van der Waals surface area contributed by atoms with Crippen molar-refractivity contribution in [2.45, 2.75) is 56.0 Å². The minimum absolute atomic E-state index is 0.00970.